The van der Waals surface area contributed by atoms with Gasteiger partial charge in [-0.25, -0.2) is 8.78 Å². The summed E-state index contributed by atoms with van der Waals surface area (Å²) in [5.41, 5.74) is 3.92. The summed E-state index contributed by atoms with van der Waals surface area (Å²) in [6, 6.07) is 38.2. The third kappa shape index (κ3) is 8.10. The normalized spacial score (nSPS) is 12.4. The van der Waals surface area contributed by atoms with Crippen LogP contribution in [-0.4, -0.2) is 37.8 Å². The van der Waals surface area contributed by atoms with Crippen molar-refractivity contribution in [3.05, 3.63) is 200 Å². The van der Waals surface area contributed by atoms with E-state index in [9.17, 15) is 33.4 Å². The van der Waals surface area contributed by atoms with Crippen LogP contribution in [0.1, 0.15) is 36.6 Å². The van der Waals surface area contributed by atoms with E-state index in [-0.39, 0.29) is 61.1 Å². The summed E-state index contributed by atoms with van der Waals surface area (Å²) in [6.45, 7) is 0. The number of aromatic hydroxyl groups is 2. The van der Waals surface area contributed by atoms with Crippen molar-refractivity contribution >= 4 is 163 Å². The first kappa shape index (κ1) is 48.4. The van der Waals surface area contributed by atoms with Gasteiger partial charge < -0.3 is 30.8 Å². The van der Waals surface area contributed by atoms with Gasteiger partial charge in [0.05, 0.1) is 44.9 Å². The maximum atomic E-state index is 14.9. The van der Waals surface area contributed by atoms with Gasteiger partial charge in [0.15, 0.2) is 17.3 Å². The molecule has 0 fully saturated rings. The number of hydrogen-bond acceptors (Lipinski definition) is 9. The lowest BCUT2D eigenvalue weighted by Crippen LogP contribution is -2.13. The van der Waals surface area contributed by atoms with E-state index in [4.69, 9.17) is 46.4 Å². The Kier molecular flexibility index (Phi) is 11.5. The van der Waals surface area contributed by atoms with Gasteiger partial charge in [-0.15, -0.1) is 10.2 Å². The van der Waals surface area contributed by atoms with Crippen LogP contribution in [0, 0.1) is 11.6 Å². The number of azo groups is 2. The Morgan fingerprint density at radius 2 is 0.859 bits per heavy atom. The molecule has 0 saturated carbocycles. The van der Waals surface area contributed by atoms with Crippen LogP contribution in [0.2, 0.25) is 20.1 Å². The zero-order valence-corrected chi connectivity index (χ0v) is 42.6. The highest BCUT2D eigenvalue weighted by Crippen LogP contribution is 2.48. The molecule has 0 aliphatic heterocycles. The van der Waals surface area contributed by atoms with Crippen molar-refractivity contribution in [2.24, 2.45) is 20.5 Å². The second kappa shape index (κ2) is 18.5. The highest BCUT2D eigenvalue weighted by atomic mass is 35.5. The van der Waals surface area contributed by atoms with E-state index in [1.807, 2.05) is 24.3 Å². The van der Waals surface area contributed by atoms with Gasteiger partial charge in [-0.1, -0.05) is 82.8 Å². The van der Waals surface area contributed by atoms with Crippen molar-refractivity contribution in [3.8, 4) is 22.6 Å². The van der Waals surface area contributed by atoms with Crippen LogP contribution in [0.4, 0.5) is 42.9 Å². The van der Waals surface area contributed by atoms with E-state index in [1.165, 1.54) is 36.4 Å². The maximum absolute atomic E-state index is 14.9. The molecule has 12 aromatic rings. The highest BCUT2D eigenvalue weighted by Gasteiger charge is 2.29. The SMILES string of the molecule is O=C1c2cc(N=Nc3c(O)c(C(=O)Nc4ccc(Cl)cc4F)cc4ccc5c6cc(Cl)ccc6[nH]c5c34)ccc2-c2ccc(N=Nc3c(O)c(C(=O)Nc4ccc(Cl)cc4F)cc4ccc5c6cc(Cl)ccc6[nH]c5c34)cc21. The fourth-order valence-corrected chi connectivity index (χ4v) is 10.8. The number of carbonyl (C=O) groups excluding carboxylic acids is 3. The van der Waals surface area contributed by atoms with Crippen LogP contribution in [0.5, 0.6) is 11.5 Å². The zero-order chi connectivity index (χ0) is 53.8. The van der Waals surface area contributed by atoms with E-state index >= 15 is 0 Å². The number of ketones is 1. The van der Waals surface area contributed by atoms with E-state index in [0.717, 1.165) is 44.7 Å². The molecule has 1 aliphatic rings. The summed E-state index contributed by atoms with van der Waals surface area (Å²) in [5, 5.41) is 53.2. The molecule has 13 nitrogen and oxygen atoms in total. The average Bonchev–Trinajstić information content (AvgIpc) is 4.27. The van der Waals surface area contributed by atoms with Crippen LogP contribution in [0.15, 0.2) is 166 Å². The molecule has 19 heteroatoms. The molecule has 2 aromatic heterocycles. The molecule has 2 heterocycles. The molecule has 0 spiro atoms. The molecule has 2 amide bonds. The van der Waals surface area contributed by atoms with Crippen molar-refractivity contribution < 1.29 is 33.4 Å². The van der Waals surface area contributed by atoms with E-state index in [1.54, 1.807) is 72.8 Å². The number of rotatable bonds is 8. The van der Waals surface area contributed by atoms with E-state index in [2.05, 4.69) is 41.1 Å². The zero-order valence-electron chi connectivity index (χ0n) is 39.5. The van der Waals surface area contributed by atoms with E-state index < -0.39 is 34.9 Å². The molecule has 378 valence electrons. The van der Waals surface area contributed by atoms with Crippen molar-refractivity contribution in [2.45, 2.75) is 0 Å². The van der Waals surface area contributed by atoms with Gasteiger partial charge in [0.2, 0.25) is 0 Å². The minimum absolute atomic E-state index is 0.0855. The molecule has 10 aromatic carbocycles. The van der Waals surface area contributed by atoms with Gasteiger partial charge in [-0.05, 0) is 131 Å². The first-order valence-electron chi connectivity index (χ1n) is 23.6. The Morgan fingerprint density at radius 1 is 0.449 bits per heavy atom. The molecule has 78 heavy (non-hydrogen) atoms. The summed E-state index contributed by atoms with van der Waals surface area (Å²) in [4.78, 5) is 48.7. The first-order chi connectivity index (χ1) is 37.6. The van der Waals surface area contributed by atoms with Crippen molar-refractivity contribution in [3.63, 3.8) is 0 Å². The monoisotopic (exact) mass is 1110 g/mol. The third-order valence-electron chi connectivity index (χ3n) is 13.7. The quantitative estimate of drug-likeness (QED) is 0.0822. The Morgan fingerprint density at radius 3 is 1.28 bits per heavy atom. The maximum Gasteiger partial charge on any atom is 0.259 e. The number of nitrogens with zero attached hydrogens (tertiary/aromatic N) is 4. The summed E-state index contributed by atoms with van der Waals surface area (Å²) < 4.78 is 29.7. The second-order valence-corrected chi connectivity index (χ2v) is 20.1. The molecule has 6 N–H and O–H groups in total. The van der Waals surface area contributed by atoms with Crippen LogP contribution in [0.3, 0.4) is 0 Å². The second-order valence-electron chi connectivity index (χ2n) is 18.4. The minimum atomic E-state index is -0.832. The average molecular weight is 1110 g/mol. The number of carbonyl (C=O) groups is 3. The van der Waals surface area contributed by atoms with Gasteiger partial charge in [-0.3, -0.25) is 14.4 Å². The lowest BCUT2D eigenvalue weighted by molar-refractivity contribution is 0.101. The Labute approximate surface area is 457 Å². The lowest BCUT2D eigenvalue weighted by atomic mass is 10.00. The third-order valence-corrected chi connectivity index (χ3v) is 14.7. The number of aromatic nitrogens is 2. The number of nitrogens with one attached hydrogen (secondary N) is 4. The molecule has 0 atom stereocenters. The van der Waals surface area contributed by atoms with Crippen LogP contribution >= 0.6 is 46.4 Å². The molecule has 0 radical (unpaired) electrons. The number of halogens is 6. The predicted molar refractivity (Wildman–Crippen MR) is 302 cm³/mol. The van der Waals surface area contributed by atoms with Crippen molar-refractivity contribution in [1.82, 2.24) is 9.97 Å². The predicted octanol–water partition coefficient (Wildman–Crippen LogP) is 18.1. The van der Waals surface area contributed by atoms with Gasteiger partial charge >= 0.3 is 0 Å². The van der Waals surface area contributed by atoms with Crippen molar-refractivity contribution in [1.29, 1.82) is 0 Å². The minimum Gasteiger partial charge on any atom is -0.505 e. The van der Waals surface area contributed by atoms with Gasteiger partial charge in [-0.2, -0.15) is 10.2 Å². The Bertz CT molecular complexity index is 4470. The molecule has 0 saturated heterocycles. The topological polar surface area (TPSA) is 197 Å². The van der Waals surface area contributed by atoms with Gasteiger partial charge in [0.25, 0.3) is 11.8 Å². The van der Waals surface area contributed by atoms with Gasteiger partial charge in [0, 0.05) is 74.6 Å². The number of benzene rings is 10. The number of H-pyrrole nitrogens is 2. The lowest BCUT2D eigenvalue weighted by Gasteiger charge is -2.12. The number of aromatic amines is 2. The number of anilines is 2. The smallest absolute Gasteiger partial charge is 0.259 e. The molecular weight excluding hydrogens is 1080 g/mol. The number of phenolic OH excluding ortho intramolecular Hbond substituents is 2. The summed E-state index contributed by atoms with van der Waals surface area (Å²) in [5.74, 6) is -4.69. The molecule has 13 rings (SSSR count). The number of hydrogen-bond donors (Lipinski definition) is 6. The van der Waals surface area contributed by atoms with E-state index in [0.29, 0.717) is 64.9 Å². The summed E-state index contributed by atoms with van der Waals surface area (Å²) >= 11 is 24.7. The fraction of sp³-hybridized carbons (Fsp3) is 0. The summed E-state index contributed by atoms with van der Waals surface area (Å²) in [6.07, 6.45) is 0. The Balaban J connectivity index is 0.864. The molecular formula is C59H30Cl4F2N8O5. The van der Waals surface area contributed by atoms with Crippen molar-refractivity contribution in [2.75, 3.05) is 10.6 Å². The molecule has 0 unspecified atom stereocenters. The number of amides is 2. The van der Waals surface area contributed by atoms with Crippen LogP contribution in [-0.2, 0) is 0 Å². The molecule has 0 bridgehead atoms. The highest BCUT2D eigenvalue weighted by molar-refractivity contribution is 6.34. The van der Waals surface area contributed by atoms with Crippen LogP contribution < -0.4 is 10.6 Å². The number of fused-ring (bicyclic) bond motifs is 13. The Hall–Kier alpha value is -9.25. The fourth-order valence-electron chi connectivity index (χ4n) is 10.1. The largest absolute Gasteiger partial charge is 0.505 e. The van der Waals surface area contributed by atoms with Crippen LogP contribution in [0.25, 0.3) is 76.3 Å². The molecule has 1 aliphatic carbocycles. The standard InChI is InChI=1S/C59H30Cl4F2N8O5/c60-27-3-13-45-37(19-27)35-9-1-25-17-41(58(77)68-47-15-5-29(62)21-43(47)64)56(75)53(49(25)51(35)66-45)72-70-31-7-11-33-34-12-8-32(24-40(34)55(74)39(33)23-31)71-73-54-50-26(2-10-36-38-20-28(61)4-14-46(38)67-52(36)50)18-42(57(54)76)59(78)69-48-16-6-30(63)22-44(48)65/h1-24,66-67,75-76H,(H,68,77)(H,69,78). The first-order valence-corrected chi connectivity index (χ1v) is 25.2. The summed E-state index contributed by atoms with van der Waals surface area (Å²) in [7, 11) is 0. The van der Waals surface area contributed by atoms with Gasteiger partial charge in [0.1, 0.15) is 23.0 Å². The number of phenols is 2.